The zero-order valence-corrected chi connectivity index (χ0v) is 30.3. The molecule has 49 heavy (non-hydrogen) atoms. The molecule has 0 saturated carbocycles. The van der Waals surface area contributed by atoms with Gasteiger partial charge in [-0.25, -0.2) is 9.59 Å². The molecule has 0 bridgehead atoms. The first kappa shape index (κ1) is 41.5. The first-order valence-corrected chi connectivity index (χ1v) is 17.3. The lowest BCUT2D eigenvalue weighted by Crippen LogP contribution is -2.43. The molecule has 0 unspecified atom stereocenters. The van der Waals surface area contributed by atoms with Crippen molar-refractivity contribution < 1.29 is 47.5 Å². The third-order valence-corrected chi connectivity index (χ3v) is 7.46. The van der Waals surface area contributed by atoms with Gasteiger partial charge in [0.1, 0.15) is 11.5 Å². The summed E-state index contributed by atoms with van der Waals surface area (Å²) in [6, 6.07) is 15.8. The second-order valence-electron chi connectivity index (χ2n) is 11.9. The minimum absolute atomic E-state index is 0.187. The summed E-state index contributed by atoms with van der Waals surface area (Å²) in [5.74, 6) is -3.00. The Morgan fingerprint density at radius 3 is 1.12 bits per heavy atom. The van der Waals surface area contributed by atoms with Crippen LogP contribution in [-0.4, -0.2) is 63.5 Å². The van der Waals surface area contributed by atoms with Gasteiger partial charge in [0.05, 0.1) is 52.5 Å². The van der Waals surface area contributed by atoms with E-state index in [1.54, 1.807) is 0 Å². The smallest absolute Gasteiger partial charge is 0.334 e. The summed E-state index contributed by atoms with van der Waals surface area (Å²) in [5, 5.41) is 0. The summed E-state index contributed by atoms with van der Waals surface area (Å²) in [6.07, 6.45) is 5.48. The van der Waals surface area contributed by atoms with Crippen molar-refractivity contribution in [2.24, 2.45) is 0 Å². The van der Waals surface area contributed by atoms with Gasteiger partial charge in [-0.2, -0.15) is 0 Å². The van der Waals surface area contributed by atoms with E-state index < -0.39 is 23.9 Å². The first-order valence-electron chi connectivity index (χ1n) is 17.3. The summed E-state index contributed by atoms with van der Waals surface area (Å²) >= 11 is 0. The van der Waals surface area contributed by atoms with Crippen molar-refractivity contribution in [1.82, 2.24) is 0 Å². The molecule has 0 saturated heterocycles. The number of esters is 2. The molecule has 0 atom stereocenters. The van der Waals surface area contributed by atoms with Gasteiger partial charge in [0, 0.05) is 17.6 Å². The number of carbonyl (C=O) groups is 2. The number of carbonyl (C=O) groups excluding carboxylic acids is 2. The molecule has 2 rings (SSSR count). The molecule has 0 N–H and O–H groups in total. The minimum Gasteiger partial charge on any atom is -0.493 e. The Morgan fingerprint density at radius 1 is 0.551 bits per heavy atom. The summed E-state index contributed by atoms with van der Waals surface area (Å²) in [7, 11) is 0. The van der Waals surface area contributed by atoms with E-state index in [1.807, 2.05) is 76.2 Å². The highest BCUT2D eigenvalue weighted by Crippen LogP contribution is 2.34. The lowest BCUT2D eigenvalue weighted by molar-refractivity contribution is -0.366. The van der Waals surface area contributed by atoms with Crippen LogP contribution in [0, 0.1) is 0 Å². The van der Waals surface area contributed by atoms with Gasteiger partial charge in [-0.15, -0.1) is 0 Å². The van der Waals surface area contributed by atoms with Crippen molar-refractivity contribution in [2.75, 3.05) is 39.6 Å². The van der Waals surface area contributed by atoms with Crippen LogP contribution in [0.1, 0.15) is 91.2 Å². The van der Waals surface area contributed by atoms with Gasteiger partial charge in [-0.1, -0.05) is 79.0 Å². The molecule has 10 nitrogen and oxygen atoms in total. The van der Waals surface area contributed by atoms with Gasteiger partial charge in [0.15, 0.2) is 0 Å². The van der Waals surface area contributed by atoms with Crippen molar-refractivity contribution in [3.8, 4) is 11.5 Å². The second kappa shape index (κ2) is 21.4. The van der Waals surface area contributed by atoms with E-state index >= 15 is 0 Å². The maximum Gasteiger partial charge on any atom is 0.334 e. The van der Waals surface area contributed by atoms with Crippen molar-refractivity contribution in [2.45, 2.75) is 97.4 Å². The molecule has 0 spiro atoms. The third-order valence-electron chi connectivity index (χ3n) is 7.46. The summed E-state index contributed by atoms with van der Waals surface area (Å²) in [5.41, 5.74) is 1.87. The van der Waals surface area contributed by atoms with Crippen LogP contribution in [0.15, 0.2) is 73.8 Å². The van der Waals surface area contributed by atoms with E-state index in [-0.39, 0.29) is 31.5 Å². The molecule has 0 aromatic heterocycles. The van der Waals surface area contributed by atoms with Crippen molar-refractivity contribution >= 4 is 11.9 Å². The fourth-order valence-corrected chi connectivity index (χ4v) is 4.70. The molecule has 272 valence electrons. The van der Waals surface area contributed by atoms with E-state index in [0.717, 1.165) is 49.0 Å². The van der Waals surface area contributed by atoms with Crippen LogP contribution in [0.5, 0.6) is 11.5 Å². The summed E-state index contributed by atoms with van der Waals surface area (Å²) in [4.78, 5) is 24.1. The van der Waals surface area contributed by atoms with Crippen LogP contribution in [-0.2, 0) is 43.4 Å². The van der Waals surface area contributed by atoms with E-state index in [0.29, 0.717) is 37.9 Å². The lowest BCUT2D eigenvalue weighted by atomic mass is 9.78. The molecule has 0 amide bonds. The second-order valence-corrected chi connectivity index (χ2v) is 11.9. The lowest BCUT2D eigenvalue weighted by Gasteiger charge is -2.32. The largest absolute Gasteiger partial charge is 0.493 e. The Labute approximate surface area is 292 Å². The Hall–Kier alpha value is -3.70. The first-order chi connectivity index (χ1) is 23.5. The zero-order chi connectivity index (χ0) is 36.2. The maximum absolute atomic E-state index is 12.1. The van der Waals surface area contributed by atoms with Crippen LogP contribution in [0.4, 0.5) is 0 Å². The Balaban J connectivity index is 2.06. The molecular weight excluding hydrogens is 628 g/mol. The van der Waals surface area contributed by atoms with Gasteiger partial charge in [-0.05, 0) is 61.1 Å². The minimum atomic E-state index is -1.54. The Bertz CT molecular complexity index is 1160. The molecular formula is C39H56O10. The number of ether oxygens (including phenoxy) is 8. The van der Waals surface area contributed by atoms with Gasteiger partial charge in [-0.3, -0.25) is 0 Å². The SMILES string of the molecule is C=CC(=O)OC(CCOc1ccc(C(C)(C)c2ccc(OCCC(OCCC)(OCCC)OC(=O)C=C)cc2)cc1)(OCCC)OCCC. The van der Waals surface area contributed by atoms with E-state index in [1.165, 1.54) is 0 Å². The number of rotatable bonds is 26. The highest BCUT2D eigenvalue weighted by Gasteiger charge is 2.38. The van der Waals surface area contributed by atoms with Crippen molar-refractivity contribution in [3.05, 3.63) is 85.0 Å². The molecule has 0 radical (unpaired) electrons. The maximum atomic E-state index is 12.1. The molecule has 0 heterocycles. The fraction of sp³-hybridized carbons (Fsp3) is 0.538. The number of hydrogen-bond donors (Lipinski definition) is 0. The number of hydrogen-bond acceptors (Lipinski definition) is 10. The molecule has 0 fully saturated rings. The van der Waals surface area contributed by atoms with Crippen molar-refractivity contribution in [3.63, 3.8) is 0 Å². The monoisotopic (exact) mass is 684 g/mol. The quantitative estimate of drug-likeness (QED) is 0.0549. The standard InChI is InChI=1S/C39H56O10/c1-9-25-44-38(45-26-10-2,48-35(40)13-5)23-29-42-33-19-15-31(16-20-33)37(7,8)32-17-21-34(22-18-32)43-30-24-39(46-27-11-3,47-28-12-4)49-36(41)14-6/h13-22H,5-6,9-12,23-30H2,1-4,7-8H3. The Kier molecular flexibility index (Phi) is 18.1. The van der Waals surface area contributed by atoms with Crippen LogP contribution in [0.2, 0.25) is 0 Å². The van der Waals surface area contributed by atoms with Crippen LogP contribution in [0.25, 0.3) is 0 Å². The average Bonchev–Trinajstić information content (AvgIpc) is 3.11. The Morgan fingerprint density at radius 2 is 0.857 bits per heavy atom. The molecule has 0 aliphatic rings. The van der Waals surface area contributed by atoms with Gasteiger partial charge in [0.25, 0.3) is 0 Å². The van der Waals surface area contributed by atoms with Crippen LogP contribution in [0.3, 0.4) is 0 Å². The van der Waals surface area contributed by atoms with E-state index in [4.69, 9.17) is 37.9 Å². The van der Waals surface area contributed by atoms with E-state index in [9.17, 15) is 9.59 Å². The fourth-order valence-electron chi connectivity index (χ4n) is 4.70. The van der Waals surface area contributed by atoms with Crippen LogP contribution >= 0.6 is 0 Å². The predicted molar refractivity (Wildman–Crippen MR) is 188 cm³/mol. The predicted octanol–water partition coefficient (Wildman–Crippen LogP) is 8.02. The topological polar surface area (TPSA) is 108 Å². The highest BCUT2D eigenvalue weighted by molar-refractivity contribution is 5.81. The van der Waals surface area contributed by atoms with Gasteiger partial charge in [0.2, 0.25) is 0 Å². The van der Waals surface area contributed by atoms with Gasteiger partial charge < -0.3 is 37.9 Å². The zero-order valence-electron chi connectivity index (χ0n) is 30.3. The normalized spacial score (nSPS) is 11.9. The summed E-state index contributed by atoms with van der Waals surface area (Å²) in [6.45, 7) is 21.0. The molecule has 0 aliphatic heterocycles. The third kappa shape index (κ3) is 13.6. The number of benzene rings is 2. The molecule has 2 aromatic rings. The molecule has 2 aromatic carbocycles. The van der Waals surface area contributed by atoms with Gasteiger partial charge >= 0.3 is 23.9 Å². The van der Waals surface area contributed by atoms with E-state index in [2.05, 4.69) is 27.0 Å². The molecule has 10 heteroatoms. The van der Waals surface area contributed by atoms with Crippen molar-refractivity contribution in [1.29, 1.82) is 0 Å². The average molecular weight is 685 g/mol. The summed E-state index contributed by atoms with van der Waals surface area (Å²) < 4.78 is 46.5. The highest BCUT2D eigenvalue weighted by atomic mass is 16.9. The molecule has 0 aliphatic carbocycles. The van der Waals surface area contributed by atoms with Crippen LogP contribution < -0.4 is 9.47 Å².